The van der Waals surface area contributed by atoms with Crippen molar-refractivity contribution < 1.29 is 4.39 Å². The zero-order valence-electron chi connectivity index (χ0n) is 9.00. The maximum Gasteiger partial charge on any atom is 0.213 e. The molecule has 1 unspecified atom stereocenters. The number of aromatic nitrogens is 1. The lowest BCUT2D eigenvalue weighted by Crippen LogP contribution is -2.21. The normalized spacial score (nSPS) is 24.5. The minimum absolute atomic E-state index is 0.0421. The number of halogens is 1. The Bertz CT molecular complexity index is 434. The Morgan fingerprint density at radius 1 is 1.40 bits per heavy atom. The zero-order chi connectivity index (χ0) is 10.9. The summed E-state index contributed by atoms with van der Waals surface area (Å²) in [6.45, 7) is 4.08. The fraction of sp³-hybridized carbons (Fsp3) is 0.308. The average Bonchev–Trinajstić information content (AvgIpc) is 2.18. The van der Waals surface area contributed by atoms with Gasteiger partial charge in [-0.05, 0) is 30.5 Å². The maximum absolute atomic E-state index is 12.9. The molecule has 0 N–H and O–H groups in total. The highest BCUT2D eigenvalue weighted by Crippen LogP contribution is 2.33. The van der Waals surface area contributed by atoms with Crippen LogP contribution in [-0.4, -0.2) is 4.98 Å². The molecule has 0 amide bonds. The number of pyridine rings is 1. The third-order valence-corrected chi connectivity index (χ3v) is 2.95. The van der Waals surface area contributed by atoms with E-state index in [1.165, 1.54) is 6.07 Å². The van der Waals surface area contributed by atoms with Gasteiger partial charge in [0.2, 0.25) is 5.95 Å². The van der Waals surface area contributed by atoms with Crippen LogP contribution in [0.3, 0.4) is 0 Å². The summed E-state index contributed by atoms with van der Waals surface area (Å²) < 4.78 is 12.9. The monoisotopic (exact) mass is 203 g/mol. The Kier molecular flexibility index (Phi) is 2.43. The van der Waals surface area contributed by atoms with Gasteiger partial charge in [0.15, 0.2) is 0 Å². The summed E-state index contributed by atoms with van der Waals surface area (Å²) in [7, 11) is 0. The molecule has 0 spiro atoms. The molecule has 1 heterocycles. The molecule has 1 atom stereocenters. The molecule has 0 aromatic carbocycles. The van der Waals surface area contributed by atoms with Crippen molar-refractivity contribution in [3.63, 3.8) is 0 Å². The van der Waals surface area contributed by atoms with E-state index in [4.69, 9.17) is 0 Å². The number of aryl methyl sites for hydroxylation is 1. The first-order valence-corrected chi connectivity index (χ1v) is 5.09. The highest BCUT2D eigenvalue weighted by molar-refractivity contribution is 5.37. The second kappa shape index (κ2) is 3.61. The van der Waals surface area contributed by atoms with Gasteiger partial charge < -0.3 is 0 Å². The zero-order valence-corrected chi connectivity index (χ0v) is 9.00. The molecule has 0 bridgehead atoms. The Labute approximate surface area is 89.4 Å². The third-order valence-electron chi connectivity index (χ3n) is 2.95. The SMILES string of the molecule is Cc1cc(F)ncc1C1(C)C=CC=CC1. The third kappa shape index (κ3) is 1.84. The van der Waals surface area contributed by atoms with Crippen molar-refractivity contribution in [2.24, 2.45) is 0 Å². The van der Waals surface area contributed by atoms with Gasteiger partial charge in [-0.1, -0.05) is 31.2 Å². The predicted molar refractivity (Wildman–Crippen MR) is 59.2 cm³/mol. The second-order valence-electron chi connectivity index (χ2n) is 4.23. The van der Waals surface area contributed by atoms with Crippen LogP contribution in [0.4, 0.5) is 4.39 Å². The van der Waals surface area contributed by atoms with Crippen LogP contribution >= 0.6 is 0 Å². The Balaban J connectivity index is 2.45. The van der Waals surface area contributed by atoms with Crippen LogP contribution in [0.5, 0.6) is 0 Å². The second-order valence-corrected chi connectivity index (χ2v) is 4.23. The van der Waals surface area contributed by atoms with Crippen LogP contribution in [0.25, 0.3) is 0 Å². The van der Waals surface area contributed by atoms with Crippen LogP contribution in [0.2, 0.25) is 0 Å². The van der Waals surface area contributed by atoms with Gasteiger partial charge in [0.25, 0.3) is 0 Å². The summed E-state index contributed by atoms with van der Waals surface area (Å²) in [5, 5.41) is 0. The first-order valence-electron chi connectivity index (χ1n) is 5.09. The van der Waals surface area contributed by atoms with Crippen molar-refractivity contribution in [1.82, 2.24) is 4.98 Å². The highest BCUT2D eigenvalue weighted by atomic mass is 19.1. The molecule has 78 valence electrons. The molecule has 1 aliphatic rings. The van der Waals surface area contributed by atoms with E-state index >= 15 is 0 Å². The van der Waals surface area contributed by atoms with Gasteiger partial charge in [0.05, 0.1) is 0 Å². The minimum Gasteiger partial charge on any atom is -0.228 e. The summed E-state index contributed by atoms with van der Waals surface area (Å²) in [5.41, 5.74) is 2.02. The number of hydrogen-bond acceptors (Lipinski definition) is 1. The molecule has 1 aliphatic carbocycles. The number of hydrogen-bond donors (Lipinski definition) is 0. The molecule has 0 aliphatic heterocycles. The van der Waals surface area contributed by atoms with Crippen molar-refractivity contribution in [3.8, 4) is 0 Å². The largest absolute Gasteiger partial charge is 0.228 e. The minimum atomic E-state index is -0.407. The van der Waals surface area contributed by atoms with E-state index in [-0.39, 0.29) is 5.41 Å². The highest BCUT2D eigenvalue weighted by Gasteiger charge is 2.25. The molecule has 2 rings (SSSR count). The van der Waals surface area contributed by atoms with Gasteiger partial charge in [-0.3, -0.25) is 0 Å². The molecule has 1 nitrogen and oxygen atoms in total. The van der Waals surface area contributed by atoms with E-state index in [0.717, 1.165) is 17.5 Å². The Morgan fingerprint density at radius 2 is 2.20 bits per heavy atom. The lowest BCUT2D eigenvalue weighted by molar-refractivity contribution is 0.559. The van der Waals surface area contributed by atoms with Crippen molar-refractivity contribution in [2.75, 3.05) is 0 Å². The first-order chi connectivity index (χ1) is 7.12. The fourth-order valence-electron chi connectivity index (χ4n) is 2.05. The van der Waals surface area contributed by atoms with Gasteiger partial charge in [-0.2, -0.15) is 4.39 Å². The lowest BCUT2D eigenvalue weighted by atomic mass is 9.76. The summed E-state index contributed by atoms with van der Waals surface area (Å²) >= 11 is 0. The molecule has 1 aromatic rings. The van der Waals surface area contributed by atoms with Crippen LogP contribution < -0.4 is 0 Å². The van der Waals surface area contributed by atoms with E-state index < -0.39 is 5.95 Å². The number of rotatable bonds is 1. The van der Waals surface area contributed by atoms with Crippen LogP contribution in [0.1, 0.15) is 24.5 Å². The average molecular weight is 203 g/mol. The molecule has 0 fully saturated rings. The molecule has 2 heteroatoms. The molecular weight excluding hydrogens is 189 g/mol. The van der Waals surface area contributed by atoms with Crippen LogP contribution in [0.15, 0.2) is 36.6 Å². The standard InChI is InChI=1S/C13H14FN/c1-10-8-12(14)15-9-11(10)13(2)6-4-3-5-7-13/h3-6,8-9H,7H2,1-2H3. The van der Waals surface area contributed by atoms with E-state index in [0.29, 0.717) is 0 Å². The van der Waals surface area contributed by atoms with Crippen molar-refractivity contribution in [3.05, 3.63) is 53.6 Å². The van der Waals surface area contributed by atoms with Crippen LogP contribution in [-0.2, 0) is 5.41 Å². The van der Waals surface area contributed by atoms with Crippen molar-refractivity contribution in [1.29, 1.82) is 0 Å². The maximum atomic E-state index is 12.9. The Hall–Kier alpha value is -1.44. The van der Waals surface area contributed by atoms with E-state index in [1.807, 2.05) is 19.1 Å². The summed E-state index contributed by atoms with van der Waals surface area (Å²) in [6, 6.07) is 1.49. The predicted octanol–water partition coefficient (Wildman–Crippen LogP) is 3.30. The smallest absolute Gasteiger partial charge is 0.213 e. The van der Waals surface area contributed by atoms with Crippen molar-refractivity contribution >= 4 is 0 Å². The molecule has 15 heavy (non-hydrogen) atoms. The van der Waals surface area contributed by atoms with Crippen molar-refractivity contribution in [2.45, 2.75) is 25.7 Å². The molecule has 1 aromatic heterocycles. The first kappa shape index (κ1) is 10.1. The quantitative estimate of drug-likeness (QED) is 0.638. The Morgan fingerprint density at radius 3 is 2.80 bits per heavy atom. The molecule has 0 radical (unpaired) electrons. The molecule has 0 saturated heterocycles. The molecule has 0 saturated carbocycles. The van der Waals surface area contributed by atoms with E-state index in [2.05, 4.69) is 24.1 Å². The fourth-order valence-corrected chi connectivity index (χ4v) is 2.05. The lowest BCUT2D eigenvalue weighted by Gasteiger charge is -2.28. The molecular formula is C13H14FN. The van der Waals surface area contributed by atoms with E-state index in [1.54, 1.807) is 6.20 Å². The number of allylic oxidation sites excluding steroid dienone is 4. The van der Waals surface area contributed by atoms with Gasteiger partial charge in [-0.15, -0.1) is 0 Å². The van der Waals surface area contributed by atoms with Gasteiger partial charge >= 0.3 is 0 Å². The van der Waals surface area contributed by atoms with Gasteiger partial charge in [-0.25, -0.2) is 4.98 Å². The van der Waals surface area contributed by atoms with Gasteiger partial charge in [0.1, 0.15) is 0 Å². The van der Waals surface area contributed by atoms with E-state index in [9.17, 15) is 4.39 Å². The topological polar surface area (TPSA) is 12.9 Å². The summed E-state index contributed by atoms with van der Waals surface area (Å²) in [6.07, 6.45) is 10.9. The van der Waals surface area contributed by atoms with Crippen LogP contribution in [0, 0.1) is 12.9 Å². The summed E-state index contributed by atoms with van der Waals surface area (Å²) in [4.78, 5) is 3.74. The van der Waals surface area contributed by atoms with Gasteiger partial charge in [0, 0.05) is 11.6 Å². The summed E-state index contributed by atoms with van der Waals surface area (Å²) in [5.74, 6) is -0.407. The number of nitrogens with zero attached hydrogens (tertiary/aromatic N) is 1.